The average molecular weight is 426 g/mol. The number of likely N-dealkylation sites (tertiary alicyclic amines) is 1. The van der Waals surface area contributed by atoms with Gasteiger partial charge in [0.1, 0.15) is 29.1 Å². The maximum atomic E-state index is 13.7. The van der Waals surface area contributed by atoms with Gasteiger partial charge in [0.2, 0.25) is 0 Å². The highest BCUT2D eigenvalue weighted by atomic mass is 19.1. The first-order valence-electron chi connectivity index (χ1n) is 10.4. The molecule has 0 unspecified atom stereocenters. The van der Waals surface area contributed by atoms with Crippen molar-refractivity contribution < 1.29 is 14.3 Å². The normalized spacial score (nSPS) is 18.2. The molecule has 31 heavy (non-hydrogen) atoms. The summed E-state index contributed by atoms with van der Waals surface area (Å²) in [5.74, 6) is 0.433. The number of halogens is 1. The lowest BCUT2D eigenvalue weighted by Crippen LogP contribution is -2.51. The molecule has 0 bridgehead atoms. The number of fused-ring (bicyclic) bond motifs is 1. The van der Waals surface area contributed by atoms with Crippen molar-refractivity contribution >= 4 is 17.4 Å². The number of piperidine rings is 1. The van der Waals surface area contributed by atoms with Crippen LogP contribution in [0.15, 0.2) is 36.8 Å². The smallest absolute Gasteiger partial charge is 0.252 e. The summed E-state index contributed by atoms with van der Waals surface area (Å²) < 4.78 is 15.3. The number of carbonyl (C=O) groups excluding carboxylic acids is 1. The Hall–Kier alpha value is -3.07. The van der Waals surface area contributed by atoms with Crippen LogP contribution in [0.2, 0.25) is 0 Å². The number of hydrogen-bond acceptors (Lipinski definition) is 6. The summed E-state index contributed by atoms with van der Waals surface area (Å²) in [5.41, 5.74) is 0.691. The molecule has 164 valence electrons. The molecule has 8 nitrogen and oxygen atoms in total. The van der Waals surface area contributed by atoms with Crippen molar-refractivity contribution in [2.75, 3.05) is 18.4 Å². The number of aliphatic hydroxyl groups is 1. The van der Waals surface area contributed by atoms with E-state index in [4.69, 9.17) is 0 Å². The Morgan fingerprint density at radius 1 is 1.29 bits per heavy atom. The van der Waals surface area contributed by atoms with Crippen molar-refractivity contribution in [2.45, 2.75) is 45.8 Å². The van der Waals surface area contributed by atoms with Crippen LogP contribution in [0.3, 0.4) is 0 Å². The summed E-state index contributed by atoms with van der Waals surface area (Å²) in [7, 11) is 0. The number of imidazole rings is 1. The minimum atomic E-state index is -1.03. The summed E-state index contributed by atoms with van der Waals surface area (Å²) in [6, 6.07) is 4.73. The van der Waals surface area contributed by atoms with Crippen molar-refractivity contribution in [1.29, 1.82) is 0 Å². The van der Waals surface area contributed by atoms with E-state index < -0.39 is 11.5 Å². The van der Waals surface area contributed by atoms with E-state index in [-0.39, 0.29) is 17.8 Å². The molecule has 1 aliphatic rings. The molecule has 9 heteroatoms. The number of pyridine rings is 1. The molecule has 3 aromatic rings. The molecule has 0 aromatic carbocycles. The SMILES string of the molecule is CC(C)(C)[C@@H](O)C(=O)N1CCC[C@@H](Nc2ccnc(-c3cnc4ccc(F)cn34)n2)C1. The zero-order chi connectivity index (χ0) is 22.2. The van der Waals surface area contributed by atoms with Gasteiger partial charge in [-0.05, 0) is 36.5 Å². The highest BCUT2D eigenvalue weighted by molar-refractivity contribution is 5.81. The van der Waals surface area contributed by atoms with Crippen molar-refractivity contribution in [3.63, 3.8) is 0 Å². The molecule has 4 heterocycles. The summed E-state index contributed by atoms with van der Waals surface area (Å²) in [5, 5.41) is 13.7. The van der Waals surface area contributed by atoms with Crippen LogP contribution >= 0.6 is 0 Å². The molecule has 1 fully saturated rings. The summed E-state index contributed by atoms with van der Waals surface area (Å²) in [6.45, 7) is 6.68. The van der Waals surface area contributed by atoms with E-state index in [1.807, 2.05) is 20.8 Å². The van der Waals surface area contributed by atoms with Crippen LogP contribution in [-0.2, 0) is 4.79 Å². The molecule has 2 N–H and O–H groups in total. The monoisotopic (exact) mass is 426 g/mol. The molecule has 1 aliphatic heterocycles. The lowest BCUT2D eigenvalue weighted by atomic mass is 9.88. The highest BCUT2D eigenvalue weighted by Gasteiger charge is 2.34. The molecular weight excluding hydrogens is 399 g/mol. The third-order valence-electron chi connectivity index (χ3n) is 5.49. The summed E-state index contributed by atoms with van der Waals surface area (Å²) in [4.78, 5) is 27.6. The lowest BCUT2D eigenvalue weighted by Gasteiger charge is -2.37. The largest absolute Gasteiger partial charge is 0.383 e. The lowest BCUT2D eigenvalue weighted by molar-refractivity contribution is -0.146. The van der Waals surface area contributed by atoms with E-state index in [0.29, 0.717) is 36.1 Å². The number of hydrogen-bond donors (Lipinski definition) is 2. The molecule has 0 spiro atoms. The zero-order valence-electron chi connectivity index (χ0n) is 17.9. The maximum absolute atomic E-state index is 13.7. The predicted molar refractivity (Wildman–Crippen MR) is 115 cm³/mol. The van der Waals surface area contributed by atoms with Crippen molar-refractivity contribution in [1.82, 2.24) is 24.3 Å². The number of carbonyl (C=O) groups is 1. The van der Waals surface area contributed by atoms with Gasteiger partial charge in [-0.2, -0.15) is 0 Å². The zero-order valence-corrected chi connectivity index (χ0v) is 17.9. The number of nitrogens with zero attached hydrogens (tertiary/aromatic N) is 5. The molecule has 0 radical (unpaired) electrons. The quantitative estimate of drug-likeness (QED) is 0.666. The number of aromatic nitrogens is 4. The van der Waals surface area contributed by atoms with E-state index in [2.05, 4.69) is 20.3 Å². The van der Waals surface area contributed by atoms with Crippen LogP contribution in [0.4, 0.5) is 10.2 Å². The maximum Gasteiger partial charge on any atom is 0.252 e. The van der Waals surface area contributed by atoms with Gasteiger partial charge in [-0.3, -0.25) is 9.20 Å². The molecule has 4 rings (SSSR count). The summed E-state index contributed by atoms with van der Waals surface area (Å²) >= 11 is 0. The van der Waals surface area contributed by atoms with Gasteiger partial charge in [0, 0.05) is 31.5 Å². The van der Waals surface area contributed by atoms with Gasteiger partial charge in [-0.25, -0.2) is 19.3 Å². The van der Waals surface area contributed by atoms with Crippen LogP contribution in [0.1, 0.15) is 33.6 Å². The molecule has 1 saturated heterocycles. The fourth-order valence-corrected chi connectivity index (χ4v) is 3.73. The van der Waals surface area contributed by atoms with Crippen LogP contribution in [-0.4, -0.2) is 60.5 Å². The second kappa shape index (κ2) is 8.22. The Labute approximate surface area is 180 Å². The topological polar surface area (TPSA) is 95.7 Å². The second-order valence-electron chi connectivity index (χ2n) is 9.02. The predicted octanol–water partition coefficient (Wildman–Crippen LogP) is 2.74. The van der Waals surface area contributed by atoms with E-state index in [9.17, 15) is 14.3 Å². The Bertz CT molecular complexity index is 1090. The van der Waals surface area contributed by atoms with Crippen LogP contribution in [0, 0.1) is 11.2 Å². The van der Waals surface area contributed by atoms with Crippen molar-refractivity contribution in [2.24, 2.45) is 5.41 Å². The number of aliphatic hydroxyl groups excluding tert-OH is 1. The van der Waals surface area contributed by atoms with Gasteiger partial charge in [-0.15, -0.1) is 0 Å². The van der Waals surface area contributed by atoms with Crippen LogP contribution < -0.4 is 5.32 Å². The third kappa shape index (κ3) is 4.51. The Morgan fingerprint density at radius 3 is 2.87 bits per heavy atom. The number of nitrogens with one attached hydrogen (secondary N) is 1. The Morgan fingerprint density at radius 2 is 2.10 bits per heavy atom. The van der Waals surface area contributed by atoms with Crippen molar-refractivity contribution in [3.05, 3.63) is 42.6 Å². The Balaban J connectivity index is 1.50. The minimum Gasteiger partial charge on any atom is -0.383 e. The van der Waals surface area contributed by atoms with Gasteiger partial charge in [-0.1, -0.05) is 20.8 Å². The number of amides is 1. The molecule has 1 amide bonds. The minimum absolute atomic E-state index is 0.00671. The molecule has 0 saturated carbocycles. The molecule has 3 aromatic heterocycles. The third-order valence-corrected chi connectivity index (χ3v) is 5.49. The number of anilines is 1. The summed E-state index contributed by atoms with van der Waals surface area (Å²) in [6.07, 6.45) is 5.29. The highest BCUT2D eigenvalue weighted by Crippen LogP contribution is 2.24. The van der Waals surface area contributed by atoms with Gasteiger partial charge in [0.15, 0.2) is 5.82 Å². The van der Waals surface area contributed by atoms with Gasteiger partial charge in [0.05, 0.1) is 6.20 Å². The fraction of sp³-hybridized carbons (Fsp3) is 0.455. The fourth-order valence-electron chi connectivity index (χ4n) is 3.73. The van der Waals surface area contributed by atoms with Gasteiger partial charge >= 0.3 is 0 Å². The van der Waals surface area contributed by atoms with Crippen LogP contribution in [0.5, 0.6) is 0 Å². The van der Waals surface area contributed by atoms with E-state index in [0.717, 1.165) is 12.8 Å². The second-order valence-corrected chi connectivity index (χ2v) is 9.02. The van der Waals surface area contributed by atoms with Crippen molar-refractivity contribution in [3.8, 4) is 11.5 Å². The molecule has 0 aliphatic carbocycles. The van der Waals surface area contributed by atoms with Gasteiger partial charge < -0.3 is 15.3 Å². The van der Waals surface area contributed by atoms with E-state index in [1.165, 1.54) is 12.3 Å². The molecular formula is C22H27FN6O2. The first kappa shape index (κ1) is 21.2. The Kier molecular flexibility index (Phi) is 5.62. The standard InChI is InChI=1S/C22H27FN6O2/c1-22(2,3)19(30)21(31)28-10-4-5-15(13-28)26-17-8-9-24-20(27-17)16-11-25-18-7-6-14(23)12-29(16)18/h6-9,11-12,15,19,30H,4-5,10,13H2,1-3H3,(H,24,26,27)/t15-,19+/m1/s1. The molecule has 2 atom stereocenters. The van der Waals surface area contributed by atoms with Crippen LogP contribution in [0.25, 0.3) is 17.2 Å². The average Bonchev–Trinajstić information content (AvgIpc) is 3.15. The first-order chi connectivity index (χ1) is 14.7. The first-order valence-corrected chi connectivity index (χ1v) is 10.4. The van der Waals surface area contributed by atoms with E-state index in [1.54, 1.807) is 33.8 Å². The number of rotatable bonds is 4. The van der Waals surface area contributed by atoms with Gasteiger partial charge in [0.25, 0.3) is 5.91 Å². The van der Waals surface area contributed by atoms with E-state index >= 15 is 0 Å².